The minimum atomic E-state index is -1.54. The molecule has 0 aromatic carbocycles. The van der Waals surface area contributed by atoms with E-state index in [2.05, 4.69) is 339 Å². The molecule has 0 N–H and O–H groups in total. The summed E-state index contributed by atoms with van der Waals surface area (Å²) in [6, 6.07) is 74.1. The first-order valence-corrected chi connectivity index (χ1v) is 84.2. The van der Waals surface area contributed by atoms with Gasteiger partial charge >= 0.3 is 0 Å². The van der Waals surface area contributed by atoms with Gasteiger partial charge in [0.1, 0.15) is 0 Å². The molecule has 18 heterocycles. The van der Waals surface area contributed by atoms with Crippen molar-refractivity contribution >= 4 is 305 Å². The average molecular weight is 2060 g/mol. The van der Waals surface area contributed by atoms with Gasteiger partial charge in [0.15, 0.2) is 0 Å². The molecule has 0 saturated carbocycles. The van der Waals surface area contributed by atoms with Gasteiger partial charge in [0.2, 0.25) is 0 Å². The SMILES string of the molecule is C[Si](C)(C)c1ccc(-c2cc(-c3ccc(-c4cc(-c5cc(-c6ccc(-c7cc(-c8ccc([Si](C)(C)C)s8)c(-c8ccc([Si](C)(C)C)s8)s7)s6)c(-c6ccc(-c7cc(-c8ccc([Si](C)(C)C)s8)c(-c8ccc([Si](C)(C)C)s8)s7)s6)s5)sc4-c4ccc(-c5cc(-c6ccc([Si](C)(C)C)s6)c(-c6ccc([Si](C)(C)C)s6)s5)s4)s3)sc2-c2ccc([Si](C)(C)C)s2)s1. The molecule has 0 atom stereocenters. The lowest BCUT2D eigenvalue weighted by Gasteiger charge is -2.12. The molecule has 18 rings (SSSR count). The molecule has 0 aliphatic rings. The summed E-state index contributed by atoms with van der Waals surface area (Å²) in [7, 11) is -12.3. The summed E-state index contributed by atoms with van der Waals surface area (Å²) in [5.74, 6) is 0. The summed E-state index contributed by atoms with van der Waals surface area (Å²) in [6.07, 6.45) is 0. The smallest absolute Gasteiger partial charge is 0.0904 e. The van der Waals surface area contributed by atoms with Gasteiger partial charge in [0.05, 0.1) is 93.9 Å². The average Bonchev–Trinajstić information content (AvgIpc) is 1.62. The second-order valence-corrected chi connectivity index (χ2v) is 103. The Bertz CT molecular complexity index is 5800. The van der Waals surface area contributed by atoms with Crippen LogP contribution in [0.4, 0.5) is 0 Å². The summed E-state index contributed by atoms with van der Waals surface area (Å²) in [5, 5.41) is 0. The van der Waals surface area contributed by atoms with Gasteiger partial charge < -0.3 is 0 Å². The zero-order valence-electron chi connectivity index (χ0n) is 73.7. The molecule has 0 spiro atoms. The molecule has 26 heteroatoms. The van der Waals surface area contributed by atoms with Crippen LogP contribution in [0, 0.1) is 0 Å². The number of rotatable bonds is 25. The Morgan fingerprint density at radius 2 is 0.230 bits per heavy atom. The van der Waals surface area contributed by atoms with E-state index >= 15 is 0 Å². The van der Waals surface area contributed by atoms with Crippen LogP contribution in [0.3, 0.4) is 0 Å². The number of thiophene rings is 18. The van der Waals surface area contributed by atoms with Crippen LogP contribution in [0.25, 0.3) is 170 Å². The maximum absolute atomic E-state index is 2.60. The van der Waals surface area contributed by atoms with Crippen LogP contribution < -0.4 is 36.0 Å². The molecule has 122 heavy (non-hydrogen) atoms. The molecule has 18 aromatic rings. The first-order valence-electron chi connectivity index (χ1n) is 41.5. The van der Waals surface area contributed by atoms with Crippen molar-refractivity contribution in [3.05, 3.63) is 182 Å². The third-order valence-corrected chi connectivity index (χ3v) is 72.6. The van der Waals surface area contributed by atoms with Gasteiger partial charge in [-0.25, -0.2) is 0 Å². The van der Waals surface area contributed by atoms with Crippen molar-refractivity contribution in [1.82, 2.24) is 0 Å². The van der Waals surface area contributed by atoms with Crippen molar-refractivity contribution in [2.24, 2.45) is 0 Å². The van der Waals surface area contributed by atoms with E-state index < -0.39 is 64.6 Å². The Morgan fingerprint density at radius 1 is 0.115 bits per heavy atom. The van der Waals surface area contributed by atoms with E-state index in [4.69, 9.17) is 0 Å². The molecule has 626 valence electrons. The standard InChI is InChI=1S/C96H102S18Si8/c1-115(2,3)83-41-33-63(101-83)57-49-77(109-93(57)73-37-45-87(105-73)119(13,14)15)67-27-25-61(97-67)55-53-81(113-91(55)71-31-29-69(99-71)79-51-59(65-35-43-85(103-65)117(7,8)9)95(111-79)75-39-47-89(107-75)121(19,20)21)82-54-56(62-26-28-68(98-62)78-50-58(64-34-42-84(102-64)116(4,5)6)94(110-78)74-38-46-88(106-74)120(16,17)18)92(114-82)72-32-30-70(100-72)80-52-60(66-36-44-86(104-66)118(10,11)12)96(112-80)76-40-48-90(108-76)122(22,23)24/h25-54H,1-24H3. The van der Waals surface area contributed by atoms with Crippen molar-refractivity contribution in [1.29, 1.82) is 0 Å². The van der Waals surface area contributed by atoms with Gasteiger partial charge in [-0.1, -0.05) is 206 Å². The second kappa shape index (κ2) is 33.3. The molecule has 0 amide bonds. The summed E-state index contributed by atoms with van der Waals surface area (Å²) in [6.45, 7) is 59.8. The first-order chi connectivity index (χ1) is 57.4. The van der Waals surface area contributed by atoms with E-state index in [0.717, 1.165) is 0 Å². The van der Waals surface area contributed by atoms with Crippen LogP contribution in [0.15, 0.2) is 182 Å². The van der Waals surface area contributed by atoms with Crippen LogP contribution in [0.2, 0.25) is 157 Å². The molecule has 0 nitrogen and oxygen atoms in total. The third kappa shape index (κ3) is 18.1. The molecule has 0 aliphatic carbocycles. The van der Waals surface area contributed by atoms with Crippen LogP contribution >= 0.6 is 204 Å². The third-order valence-electron chi connectivity index (χ3n) is 21.7. The zero-order chi connectivity index (χ0) is 86.2. The van der Waals surface area contributed by atoms with Crippen molar-refractivity contribution < 1.29 is 0 Å². The molecule has 18 aromatic heterocycles. The Morgan fingerprint density at radius 3 is 0.402 bits per heavy atom. The highest BCUT2D eigenvalue weighted by molar-refractivity contribution is 7.39. The van der Waals surface area contributed by atoms with E-state index in [1.165, 1.54) is 170 Å². The predicted octanol–water partition coefficient (Wildman–Crippen LogP) is 35.5. The van der Waals surface area contributed by atoms with E-state index in [1.807, 2.05) is 204 Å². The monoisotopic (exact) mass is 2050 g/mol. The topological polar surface area (TPSA) is 0 Å². The normalized spacial score (nSPS) is 13.1. The molecule has 0 unspecified atom stereocenters. The highest BCUT2D eigenvalue weighted by Gasteiger charge is 2.34. The summed E-state index contributed by atoms with van der Waals surface area (Å²) in [4.78, 5) is 38.1. The lowest BCUT2D eigenvalue weighted by molar-refractivity contribution is 1.78. The summed E-state index contributed by atoms with van der Waals surface area (Å²) < 4.78 is 12.5. The lowest BCUT2D eigenvalue weighted by Crippen LogP contribution is -2.34. The van der Waals surface area contributed by atoms with Crippen molar-refractivity contribution in [3.8, 4) is 170 Å². The van der Waals surface area contributed by atoms with Gasteiger partial charge in [-0.05, 0) is 169 Å². The maximum atomic E-state index is 2.60. The minimum absolute atomic E-state index is 1.31. The van der Waals surface area contributed by atoms with Crippen LogP contribution in [0.1, 0.15) is 0 Å². The summed E-state index contributed by atoms with van der Waals surface area (Å²) >= 11 is 36.2. The Balaban J connectivity index is 0.802. The fourth-order valence-corrected chi connectivity index (χ4v) is 50.6. The van der Waals surface area contributed by atoms with Crippen LogP contribution in [-0.2, 0) is 0 Å². The van der Waals surface area contributed by atoms with Crippen LogP contribution in [-0.4, -0.2) is 64.6 Å². The molecule has 0 fully saturated rings. The quantitative estimate of drug-likeness (QED) is 0.0500. The molecular weight excluding hydrogens is 1950 g/mol. The maximum Gasteiger partial charge on any atom is 0.0904 e. The Kier molecular flexibility index (Phi) is 24.3. The zero-order valence-corrected chi connectivity index (χ0v) is 96.4. The van der Waals surface area contributed by atoms with Crippen LogP contribution in [0.5, 0.6) is 0 Å². The highest BCUT2D eigenvalue weighted by Crippen LogP contribution is 2.59. The fourth-order valence-electron chi connectivity index (χ4n) is 14.7. The van der Waals surface area contributed by atoms with Crippen molar-refractivity contribution in [2.45, 2.75) is 157 Å². The first kappa shape index (κ1) is 89.0. The van der Waals surface area contributed by atoms with Gasteiger partial charge in [0.25, 0.3) is 0 Å². The van der Waals surface area contributed by atoms with E-state index in [-0.39, 0.29) is 0 Å². The molecule has 0 saturated heterocycles. The van der Waals surface area contributed by atoms with Gasteiger partial charge in [-0.15, -0.1) is 204 Å². The second-order valence-electron chi connectivity index (χ2n) is 40.1. The van der Waals surface area contributed by atoms with Gasteiger partial charge in [0, 0.05) is 141 Å². The van der Waals surface area contributed by atoms with E-state index in [0.29, 0.717) is 0 Å². The lowest BCUT2D eigenvalue weighted by atomic mass is 10.1. The Labute approximate surface area is 803 Å². The largest absolute Gasteiger partial charge is 0.145 e. The fraction of sp³-hybridized carbons (Fsp3) is 0.250. The Hall–Kier alpha value is -3.66. The van der Waals surface area contributed by atoms with Crippen molar-refractivity contribution in [2.75, 3.05) is 0 Å². The molecule has 0 aliphatic heterocycles. The molecular formula is C96H102S18Si8. The number of hydrogen-bond acceptors (Lipinski definition) is 18. The molecule has 0 radical (unpaired) electrons. The number of hydrogen-bond donors (Lipinski definition) is 0. The van der Waals surface area contributed by atoms with Gasteiger partial charge in [-0.3, -0.25) is 0 Å². The van der Waals surface area contributed by atoms with Crippen molar-refractivity contribution in [3.63, 3.8) is 0 Å². The minimum Gasteiger partial charge on any atom is -0.145 e. The van der Waals surface area contributed by atoms with E-state index in [9.17, 15) is 0 Å². The summed E-state index contributed by atoms with van der Waals surface area (Å²) in [5.41, 5.74) is 8.19. The molecule has 0 bridgehead atoms. The van der Waals surface area contributed by atoms with E-state index in [1.54, 1.807) is 36.0 Å². The van der Waals surface area contributed by atoms with Gasteiger partial charge in [-0.2, -0.15) is 0 Å². The predicted molar refractivity (Wildman–Crippen MR) is 604 cm³/mol. The highest BCUT2D eigenvalue weighted by atomic mass is 32.2.